The van der Waals surface area contributed by atoms with Gasteiger partial charge in [0.15, 0.2) is 6.61 Å². The average Bonchev–Trinajstić information content (AvgIpc) is 2.46. The molecule has 1 N–H and O–H groups in total. The number of alkyl halides is 3. The summed E-state index contributed by atoms with van der Waals surface area (Å²) in [4.78, 5) is 11.7. The van der Waals surface area contributed by atoms with Gasteiger partial charge in [-0.15, -0.1) is 0 Å². The second kappa shape index (κ2) is 6.68. The zero-order valence-corrected chi connectivity index (χ0v) is 12.1. The number of hydrogen-bond donors (Lipinski definition) is 1. The summed E-state index contributed by atoms with van der Waals surface area (Å²) in [7, 11) is 0. The minimum atomic E-state index is -4.50. The average molecular weight is 327 g/mol. The fraction of sp³-hybridized carbons (Fsp3) is 0.188. The molecule has 0 spiro atoms. The van der Waals surface area contributed by atoms with Gasteiger partial charge >= 0.3 is 6.18 Å². The Morgan fingerprint density at radius 1 is 1.17 bits per heavy atom. The van der Waals surface area contributed by atoms with E-state index in [2.05, 4.69) is 5.32 Å². The first kappa shape index (κ1) is 16.8. The summed E-state index contributed by atoms with van der Waals surface area (Å²) in [6.07, 6.45) is -4.50. The molecule has 0 aromatic heterocycles. The smallest absolute Gasteiger partial charge is 0.416 e. The zero-order chi connectivity index (χ0) is 17.0. The molecule has 0 saturated heterocycles. The number of halogens is 4. The van der Waals surface area contributed by atoms with Crippen LogP contribution in [0.25, 0.3) is 0 Å². The molecule has 0 saturated carbocycles. The van der Waals surface area contributed by atoms with Crippen molar-refractivity contribution in [2.24, 2.45) is 0 Å². The number of aryl methyl sites for hydroxylation is 1. The standard InChI is InChI=1S/C16H13F4NO2/c1-10-5-6-12(8-14(10)16(18,19)20)21-15(22)9-23-13-4-2-3-11(17)7-13/h2-8H,9H2,1H3,(H,21,22). The normalized spacial score (nSPS) is 11.2. The number of hydrogen-bond acceptors (Lipinski definition) is 2. The van der Waals surface area contributed by atoms with E-state index in [0.29, 0.717) is 0 Å². The molecule has 0 unspecified atom stereocenters. The van der Waals surface area contributed by atoms with Gasteiger partial charge in [0.25, 0.3) is 5.91 Å². The number of ether oxygens (including phenoxy) is 1. The highest BCUT2D eigenvalue weighted by Crippen LogP contribution is 2.33. The van der Waals surface area contributed by atoms with Gasteiger partial charge in [0.1, 0.15) is 11.6 Å². The molecule has 2 rings (SSSR count). The molecule has 2 aromatic carbocycles. The van der Waals surface area contributed by atoms with Crippen molar-refractivity contribution in [2.45, 2.75) is 13.1 Å². The molecule has 0 aliphatic carbocycles. The molecule has 2 aromatic rings. The van der Waals surface area contributed by atoms with Crippen LogP contribution in [-0.4, -0.2) is 12.5 Å². The molecule has 0 radical (unpaired) electrons. The van der Waals surface area contributed by atoms with Crippen molar-refractivity contribution in [3.8, 4) is 5.75 Å². The molecule has 0 fully saturated rings. The lowest BCUT2D eigenvalue weighted by molar-refractivity contribution is -0.138. The highest BCUT2D eigenvalue weighted by Gasteiger charge is 2.32. The Balaban J connectivity index is 2.00. The van der Waals surface area contributed by atoms with Gasteiger partial charge in [-0.1, -0.05) is 12.1 Å². The van der Waals surface area contributed by atoms with Gasteiger partial charge in [-0.3, -0.25) is 4.79 Å². The van der Waals surface area contributed by atoms with Gasteiger partial charge in [-0.05, 0) is 36.8 Å². The molecule has 3 nitrogen and oxygen atoms in total. The van der Waals surface area contributed by atoms with Gasteiger partial charge in [0, 0.05) is 11.8 Å². The van der Waals surface area contributed by atoms with Crippen molar-refractivity contribution in [2.75, 3.05) is 11.9 Å². The fourth-order valence-electron chi connectivity index (χ4n) is 1.91. The summed E-state index contributed by atoms with van der Waals surface area (Å²) in [6.45, 7) is 0.889. The number of amides is 1. The van der Waals surface area contributed by atoms with Crippen LogP contribution in [0.3, 0.4) is 0 Å². The first-order valence-electron chi connectivity index (χ1n) is 6.62. The summed E-state index contributed by atoms with van der Waals surface area (Å²) in [6, 6.07) is 8.69. The third kappa shape index (κ3) is 4.70. The van der Waals surface area contributed by atoms with E-state index < -0.39 is 30.1 Å². The Kier molecular flexibility index (Phi) is 4.88. The van der Waals surface area contributed by atoms with Crippen LogP contribution in [0.4, 0.5) is 23.2 Å². The molecule has 23 heavy (non-hydrogen) atoms. The van der Waals surface area contributed by atoms with Gasteiger partial charge < -0.3 is 10.1 Å². The highest BCUT2D eigenvalue weighted by molar-refractivity contribution is 5.92. The minimum Gasteiger partial charge on any atom is -0.484 e. The topological polar surface area (TPSA) is 38.3 Å². The lowest BCUT2D eigenvalue weighted by Gasteiger charge is -2.13. The highest BCUT2D eigenvalue weighted by atomic mass is 19.4. The van der Waals surface area contributed by atoms with E-state index in [1.54, 1.807) is 0 Å². The van der Waals surface area contributed by atoms with Crippen LogP contribution in [0, 0.1) is 12.7 Å². The third-order valence-electron chi connectivity index (χ3n) is 2.99. The van der Waals surface area contributed by atoms with E-state index in [1.165, 1.54) is 37.3 Å². The van der Waals surface area contributed by atoms with E-state index in [-0.39, 0.29) is 17.0 Å². The Morgan fingerprint density at radius 3 is 2.57 bits per heavy atom. The van der Waals surface area contributed by atoms with Crippen LogP contribution in [0.15, 0.2) is 42.5 Å². The summed E-state index contributed by atoms with van der Waals surface area (Å²) >= 11 is 0. The van der Waals surface area contributed by atoms with E-state index in [4.69, 9.17) is 4.74 Å². The fourth-order valence-corrected chi connectivity index (χ4v) is 1.91. The molecule has 0 atom stereocenters. The number of benzene rings is 2. The molecular formula is C16H13F4NO2. The molecule has 0 bridgehead atoms. The molecule has 0 aliphatic heterocycles. The lowest BCUT2D eigenvalue weighted by Crippen LogP contribution is -2.20. The van der Waals surface area contributed by atoms with Gasteiger partial charge in [-0.2, -0.15) is 13.2 Å². The quantitative estimate of drug-likeness (QED) is 0.856. The lowest BCUT2D eigenvalue weighted by atomic mass is 10.1. The number of nitrogens with one attached hydrogen (secondary N) is 1. The molecule has 0 heterocycles. The first-order valence-corrected chi connectivity index (χ1v) is 6.62. The Labute approximate surface area is 129 Å². The van der Waals surface area contributed by atoms with Gasteiger partial charge in [-0.25, -0.2) is 4.39 Å². The van der Waals surface area contributed by atoms with Crippen molar-refractivity contribution in [1.29, 1.82) is 0 Å². The summed E-state index contributed by atoms with van der Waals surface area (Å²) in [5.74, 6) is -1.01. The molecule has 1 amide bonds. The van der Waals surface area contributed by atoms with Crippen molar-refractivity contribution in [3.63, 3.8) is 0 Å². The van der Waals surface area contributed by atoms with Gasteiger partial charge in [0.05, 0.1) is 5.56 Å². The van der Waals surface area contributed by atoms with Crippen molar-refractivity contribution >= 4 is 11.6 Å². The van der Waals surface area contributed by atoms with Crippen molar-refractivity contribution in [3.05, 3.63) is 59.4 Å². The maximum Gasteiger partial charge on any atom is 0.416 e. The zero-order valence-electron chi connectivity index (χ0n) is 12.1. The number of anilines is 1. The largest absolute Gasteiger partial charge is 0.484 e. The van der Waals surface area contributed by atoms with E-state index in [0.717, 1.165) is 12.1 Å². The second-order valence-corrected chi connectivity index (χ2v) is 4.82. The number of carbonyl (C=O) groups excluding carboxylic acids is 1. The summed E-state index contributed by atoms with van der Waals surface area (Å²) in [5.41, 5.74) is -0.747. The van der Waals surface area contributed by atoms with E-state index in [9.17, 15) is 22.4 Å². The maximum absolute atomic E-state index is 12.9. The Morgan fingerprint density at radius 2 is 1.91 bits per heavy atom. The predicted octanol–water partition coefficient (Wildman–Crippen LogP) is 4.17. The van der Waals surface area contributed by atoms with Crippen LogP contribution in [0.1, 0.15) is 11.1 Å². The van der Waals surface area contributed by atoms with Crippen LogP contribution < -0.4 is 10.1 Å². The van der Waals surface area contributed by atoms with Crippen LogP contribution in [0.2, 0.25) is 0 Å². The second-order valence-electron chi connectivity index (χ2n) is 4.82. The molecule has 122 valence electrons. The molecule has 0 aliphatic rings. The monoisotopic (exact) mass is 327 g/mol. The van der Waals surface area contributed by atoms with Crippen molar-refractivity contribution < 1.29 is 27.1 Å². The third-order valence-corrected chi connectivity index (χ3v) is 2.99. The molecule has 7 heteroatoms. The SMILES string of the molecule is Cc1ccc(NC(=O)COc2cccc(F)c2)cc1C(F)(F)F. The first-order chi connectivity index (χ1) is 10.8. The maximum atomic E-state index is 12.9. The number of rotatable bonds is 4. The van der Waals surface area contributed by atoms with Crippen LogP contribution >= 0.6 is 0 Å². The van der Waals surface area contributed by atoms with E-state index >= 15 is 0 Å². The Hall–Kier alpha value is -2.57. The number of carbonyl (C=O) groups is 1. The van der Waals surface area contributed by atoms with Crippen LogP contribution in [0.5, 0.6) is 5.75 Å². The Bertz CT molecular complexity index is 713. The van der Waals surface area contributed by atoms with Crippen molar-refractivity contribution in [1.82, 2.24) is 0 Å². The summed E-state index contributed by atoms with van der Waals surface area (Å²) in [5, 5.41) is 2.31. The summed E-state index contributed by atoms with van der Waals surface area (Å²) < 4.78 is 56.4. The van der Waals surface area contributed by atoms with Crippen LogP contribution in [-0.2, 0) is 11.0 Å². The molecular weight excluding hydrogens is 314 g/mol. The van der Waals surface area contributed by atoms with Gasteiger partial charge in [0.2, 0.25) is 0 Å². The van der Waals surface area contributed by atoms with E-state index in [1.807, 2.05) is 0 Å². The predicted molar refractivity (Wildman–Crippen MR) is 76.7 cm³/mol. The minimum absolute atomic E-state index is 0.00997.